The van der Waals surface area contributed by atoms with Crippen LogP contribution in [0.4, 0.5) is 15.5 Å². The quantitative estimate of drug-likeness (QED) is 0.867. The zero-order chi connectivity index (χ0) is 17.6. The molecular formula is C15H26N4O4. The Morgan fingerprint density at radius 3 is 2.61 bits per heavy atom. The number of amides is 3. The summed E-state index contributed by atoms with van der Waals surface area (Å²) in [7, 11) is 1.67. The molecule has 1 atom stereocenters. The summed E-state index contributed by atoms with van der Waals surface area (Å²) in [6.07, 6.45) is -0.383. The van der Waals surface area contributed by atoms with Gasteiger partial charge in [0, 0.05) is 26.2 Å². The highest BCUT2D eigenvalue weighted by molar-refractivity contribution is 5.87. The van der Waals surface area contributed by atoms with Gasteiger partial charge in [0.2, 0.25) is 5.88 Å². The number of anilines is 1. The summed E-state index contributed by atoms with van der Waals surface area (Å²) in [6.45, 7) is 10.0. The second-order valence-electron chi connectivity index (χ2n) is 6.63. The minimum atomic E-state index is -0.526. The van der Waals surface area contributed by atoms with E-state index in [0.717, 1.165) is 0 Å². The van der Waals surface area contributed by atoms with Crippen molar-refractivity contribution in [3.05, 3.63) is 11.8 Å². The summed E-state index contributed by atoms with van der Waals surface area (Å²) in [5.41, 5.74) is 0.162. The van der Waals surface area contributed by atoms with E-state index in [1.807, 2.05) is 27.7 Å². The minimum absolute atomic E-state index is 0.0646. The van der Waals surface area contributed by atoms with Crippen LogP contribution in [0.25, 0.3) is 0 Å². The molecule has 1 aromatic rings. The lowest BCUT2D eigenvalue weighted by molar-refractivity contribution is 0.0278. The van der Waals surface area contributed by atoms with Crippen LogP contribution in [0.1, 0.15) is 33.4 Å². The molecule has 130 valence electrons. The van der Waals surface area contributed by atoms with Gasteiger partial charge in [-0.3, -0.25) is 5.32 Å². The third kappa shape index (κ3) is 7.53. The lowest BCUT2D eigenvalue weighted by Gasteiger charge is -2.26. The number of carbonyl (C=O) groups excluding carboxylic acids is 2. The molecule has 1 heterocycles. The number of urea groups is 1. The van der Waals surface area contributed by atoms with E-state index in [9.17, 15) is 9.59 Å². The van der Waals surface area contributed by atoms with E-state index in [-0.39, 0.29) is 18.0 Å². The van der Waals surface area contributed by atoms with Crippen LogP contribution >= 0.6 is 0 Å². The second-order valence-corrected chi connectivity index (χ2v) is 6.63. The summed E-state index contributed by atoms with van der Waals surface area (Å²) in [6, 6.07) is 1.24. The van der Waals surface area contributed by atoms with Gasteiger partial charge in [-0.2, -0.15) is 0 Å². The van der Waals surface area contributed by atoms with Gasteiger partial charge < -0.3 is 19.5 Å². The highest BCUT2D eigenvalue weighted by Crippen LogP contribution is 2.10. The monoisotopic (exact) mass is 326 g/mol. The molecule has 0 aliphatic carbocycles. The lowest BCUT2D eigenvalue weighted by atomic mass is 10.1. The average molecular weight is 326 g/mol. The van der Waals surface area contributed by atoms with E-state index in [1.165, 1.54) is 4.90 Å². The van der Waals surface area contributed by atoms with E-state index < -0.39 is 5.60 Å². The molecule has 0 spiro atoms. The second kappa shape index (κ2) is 7.85. The normalized spacial score (nSPS) is 12.4. The molecule has 0 radical (unpaired) electrons. The molecule has 0 fully saturated rings. The predicted molar refractivity (Wildman–Crippen MR) is 86.3 cm³/mol. The summed E-state index contributed by atoms with van der Waals surface area (Å²) < 4.78 is 10.2. The molecule has 0 saturated heterocycles. The third-order valence-electron chi connectivity index (χ3n) is 2.77. The van der Waals surface area contributed by atoms with Gasteiger partial charge in [-0.25, -0.2) is 9.59 Å². The first-order valence-corrected chi connectivity index (χ1v) is 7.49. The van der Waals surface area contributed by atoms with Crippen molar-refractivity contribution < 1.29 is 18.8 Å². The first-order chi connectivity index (χ1) is 10.6. The number of ether oxygens (including phenoxy) is 1. The maximum absolute atomic E-state index is 11.9. The standard InChI is InChI=1S/C15H26N4O4/c1-10(9-19(6)14(21)22-15(3,4)5)8-16-13(20)17-12-7-11(2)18-23-12/h7,10H,8-9H2,1-6H3,(H2,16,17,20)/t10-/m0/s1. The van der Waals surface area contributed by atoms with Gasteiger partial charge in [0.25, 0.3) is 0 Å². The van der Waals surface area contributed by atoms with Gasteiger partial charge in [0.05, 0.1) is 5.69 Å². The van der Waals surface area contributed by atoms with Crippen molar-refractivity contribution in [3.8, 4) is 0 Å². The van der Waals surface area contributed by atoms with Gasteiger partial charge in [-0.05, 0) is 33.6 Å². The number of carbonyl (C=O) groups is 2. The smallest absolute Gasteiger partial charge is 0.410 e. The Morgan fingerprint density at radius 1 is 1.43 bits per heavy atom. The van der Waals surface area contributed by atoms with E-state index in [1.54, 1.807) is 20.0 Å². The molecule has 0 aliphatic heterocycles. The summed E-state index contributed by atoms with van der Waals surface area (Å²) in [5.74, 6) is 0.355. The van der Waals surface area contributed by atoms with Crippen LogP contribution in [0.2, 0.25) is 0 Å². The number of hydrogen-bond acceptors (Lipinski definition) is 5. The molecule has 8 heteroatoms. The number of nitrogens with zero attached hydrogens (tertiary/aromatic N) is 2. The molecule has 0 unspecified atom stereocenters. The predicted octanol–water partition coefficient (Wildman–Crippen LogP) is 2.61. The van der Waals surface area contributed by atoms with Crippen LogP contribution in [-0.2, 0) is 4.74 Å². The largest absolute Gasteiger partial charge is 0.444 e. The van der Waals surface area contributed by atoms with Crippen molar-refractivity contribution in [1.82, 2.24) is 15.4 Å². The Balaban J connectivity index is 2.31. The van der Waals surface area contributed by atoms with Crippen LogP contribution < -0.4 is 10.6 Å². The fraction of sp³-hybridized carbons (Fsp3) is 0.667. The molecule has 0 bridgehead atoms. The molecule has 8 nitrogen and oxygen atoms in total. The molecule has 0 aromatic carbocycles. The molecule has 1 rings (SSSR count). The van der Waals surface area contributed by atoms with Crippen LogP contribution in [0.15, 0.2) is 10.6 Å². The maximum Gasteiger partial charge on any atom is 0.410 e. The Kier molecular flexibility index (Phi) is 6.41. The molecule has 2 N–H and O–H groups in total. The maximum atomic E-state index is 11.9. The van der Waals surface area contributed by atoms with E-state index in [0.29, 0.717) is 24.7 Å². The van der Waals surface area contributed by atoms with Crippen LogP contribution in [0, 0.1) is 12.8 Å². The van der Waals surface area contributed by atoms with Gasteiger partial charge >= 0.3 is 12.1 Å². The zero-order valence-electron chi connectivity index (χ0n) is 14.6. The Hall–Kier alpha value is -2.25. The molecule has 1 aromatic heterocycles. The third-order valence-corrected chi connectivity index (χ3v) is 2.77. The summed E-state index contributed by atoms with van der Waals surface area (Å²) >= 11 is 0. The first kappa shape index (κ1) is 18.8. The van der Waals surface area contributed by atoms with Crippen molar-refractivity contribution in [2.45, 2.75) is 40.2 Å². The zero-order valence-corrected chi connectivity index (χ0v) is 14.6. The SMILES string of the molecule is Cc1cc(NC(=O)NC[C@H](C)CN(C)C(=O)OC(C)(C)C)on1. The average Bonchev–Trinajstić information content (AvgIpc) is 2.79. The molecule has 3 amide bonds. The van der Waals surface area contributed by atoms with E-state index in [4.69, 9.17) is 9.26 Å². The summed E-state index contributed by atoms with van der Waals surface area (Å²) in [5, 5.41) is 8.93. The van der Waals surface area contributed by atoms with E-state index in [2.05, 4.69) is 15.8 Å². The number of rotatable bonds is 5. The van der Waals surface area contributed by atoms with Crippen LogP contribution in [0.3, 0.4) is 0 Å². The van der Waals surface area contributed by atoms with Crippen molar-refractivity contribution in [1.29, 1.82) is 0 Å². The highest BCUT2D eigenvalue weighted by Gasteiger charge is 2.20. The number of nitrogens with one attached hydrogen (secondary N) is 2. The van der Waals surface area contributed by atoms with Gasteiger partial charge in [-0.1, -0.05) is 12.1 Å². The molecule has 0 aliphatic rings. The minimum Gasteiger partial charge on any atom is -0.444 e. The topological polar surface area (TPSA) is 96.7 Å². The van der Waals surface area contributed by atoms with Crippen molar-refractivity contribution >= 4 is 18.0 Å². The molecule has 0 saturated carbocycles. The van der Waals surface area contributed by atoms with Crippen molar-refractivity contribution in [3.63, 3.8) is 0 Å². The Morgan fingerprint density at radius 2 is 2.09 bits per heavy atom. The highest BCUT2D eigenvalue weighted by atomic mass is 16.6. The van der Waals surface area contributed by atoms with Crippen molar-refractivity contribution in [2.24, 2.45) is 5.92 Å². The van der Waals surface area contributed by atoms with Gasteiger partial charge in [0.15, 0.2) is 0 Å². The summed E-state index contributed by atoms with van der Waals surface area (Å²) in [4.78, 5) is 25.1. The number of aromatic nitrogens is 1. The first-order valence-electron chi connectivity index (χ1n) is 7.49. The Bertz CT molecular complexity index is 536. The van der Waals surface area contributed by atoms with Gasteiger partial charge in [-0.15, -0.1) is 0 Å². The van der Waals surface area contributed by atoms with Crippen LogP contribution in [0.5, 0.6) is 0 Å². The van der Waals surface area contributed by atoms with Gasteiger partial charge in [0.1, 0.15) is 5.60 Å². The van der Waals surface area contributed by atoms with Crippen LogP contribution in [-0.4, -0.2) is 47.9 Å². The number of hydrogen-bond donors (Lipinski definition) is 2. The fourth-order valence-electron chi connectivity index (χ4n) is 1.79. The Labute approximate surface area is 136 Å². The fourth-order valence-corrected chi connectivity index (χ4v) is 1.79. The molecule has 23 heavy (non-hydrogen) atoms. The molecular weight excluding hydrogens is 300 g/mol. The number of aryl methyl sites for hydroxylation is 1. The van der Waals surface area contributed by atoms with E-state index >= 15 is 0 Å². The van der Waals surface area contributed by atoms with Crippen molar-refractivity contribution in [2.75, 3.05) is 25.5 Å². The lowest BCUT2D eigenvalue weighted by Crippen LogP contribution is -2.40.